The molecule has 1 fully saturated rings. The molecule has 1 aliphatic rings. The van der Waals surface area contributed by atoms with Gasteiger partial charge in [0, 0.05) is 50.1 Å². The van der Waals surface area contributed by atoms with Gasteiger partial charge in [-0.1, -0.05) is 0 Å². The number of hydrogen-bond donors (Lipinski definition) is 1. The van der Waals surface area contributed by atoms with E-state index in [2.05, 4.69) is 17.1 Å². The van der Waals surface area contributed by atoms with E-state index in [0.29, 0.717) is 5.75 Å². The van der Waals surface area contributed by atoms with Gasteiger partial charge < -0.3 is 10.1 Å². The average molecular weight is 325 g/mol. The maximum Gasteiger partial charge on any atom is 0.164 e. The second-order valence-electron chi connectivity index (χ2n) is 5.20. The molecule has 1 N–H and O–H groups in total. The number of sulfone groups is 1. The van der Waals surface area contributed by atoms with Gasteiger partial charge in [0.2, 0.25) is 0 Å². The van der Waals surface area contributed by atoms with Crippen LogP contribution in [0.15, 0.2) is 0 Å². The molecular weight excluding hydrogens is 296 g/mol. The Kier molecular flexibility index (Phi) is 8.43. The van der Waals surface area contributed by atoms with Gasteiger partial charge in [0.1, 0.15) is 5.37 Å². The van der Waals surface area contributed by atoms with Crippen molar-refractivity contribution in [2.24, 2.45) is 0 Å². The molecular formula is C13H28N2O3S2. The highest BCUT2D eigenvalue weighted by Crippen LogP contribution is 2.22. The first-order valence-electron chi connectivity index (χ1n) is 7.27. The molecule has 0 spiro atoms. The van der Waals surface area contributed by atoms with Crippen molar-refractivity contribution < 1.29 is 13.2 Å². The summed E-state index contributed by atoms with van der Waals surface area (Å²) in [5.74, 6) is 1.70. The Labute approximate surface area is 127 Å². The summed E-state index contributed by atoms with van der Waals surface area (Å²) >= 11 is 1.73. The SMILES string of the molecule is CCOCCCNCC(C)N1CCSCC1S(C)(=O)=O. The van der Waals surface area contributed by atoms with E-state index in [0.717, 1.165) is 45.0 Å². The summed E-state index contributed by atoms with van der Waals surface area (Å²) in [7, 11) is -3.01. The first kappa shape index (κ1) is 18.2. The Morgan fingerprint density at radius 3 is 2.90 bits per heavy atom. The molecule has 0 saturated carbocycles. The van der Waals surface area contributed by atoms with E-state index >= 15 is 0 Å². The van der Waals surface area contributed by atoms with Crippen molar-refractivity contribution in [2.75, 3.05) is 50.6 Å². The Balaban J connectivity index is 2.34. The molecule has 120 valence electrons. The van der Waals surface area contributed by atoms with Gasteiger partial charge >= 0.3 is 0 Å². The van der Waals surface area contributed by atoms with Crippen LogP contribution in [0.2, 0.25) is 0 Å². The fourth-order valence-corrected chi connectivity index (χ4v) is 5.32. The molecule has 1 rings (SSSR count). The van der Waals surface area contributed by atoms with Crippen LogP contribution in [0.5, 0.6) is 0 Å². The number of ether oxygens (including phenoxy) is 1. The average Bonchev–Trinajstić information content (AvgIpc) is 2.41. The van der Waals surface area contributed by atoms with Gasteiger partial charge in [-0.3, -0.25) is 4.90 Å². The minimum atomic E-state index is -3.01. The van der Waals surface area contributed by atoms with E-state index in [1.165, 1.54) is 6.26 Å². The van der Waals surface area contributed by atoms with Crippen LogP contribution >= 0.6 is 11.8 Å². The van der Waals surface area contributed by atoms with Gasteiger partial charge in [-0.2, -0.15) is 11.8 Å². The number of rotatable bonds is 9. The van der Waals surface area contributed by atoms with Crippen LogP contribution in [0.4, 0.5) is 0 Å². The number of nitrogens with zero attached hydrogens (tertiary/aromatic N) is 1. The van der Waals surface area contributed by atoms with Crippen LogP contribution in [0, 0.1) is 0 Å². The van der Waals surface area contributed by atoms with E-state index in [-0.39, 0.29) is 11.4 Å². The molecule has 0 aromatic heterocycles. The Morgan fingerprint density at radius 1 is 1.50 bits per heavy atom. The maximum absolute atomic E-state index is 11.9. The molecule has 0 aromatic rings. The highest BCUT2D eigenvalue weighted by molar-refractivity contribution is 8.00. The molecule has 20 heavy (non-hydrogen) atoms. The van der Waals surface area contributed by atoms with Crippen molar-refractivity contribution in [1.29, 1.82) is 0 Å². The predicted molar refractivity (Wildman–Crippen MR) is 86.1 cm³/mol. The molecule has 5 nitrogen and oxygen atoms in total. The van der Waals surface area contributed by atoms with Gasteiger partial charge in [0.25, 0.3) is 0 Å². The van der Waals surface area contributed by atoms with Gasteiger partial charge in [-0.25, -0.2) is 8.42 Å². The zero-order valence-electron chi connectivity index (χ0n) is 12.8. The molecule has 1 aliphatic heterocycles. The quantitative estimate of drug-likeness (QED) is 0.634. The summed E-state index contributed by atoms with van der Waals surface area (Å²) in [6.07, 6.45) is 2.34. The zero-order valence-corrected chi connectivity index (χ0v) is 14.4. The van der Waals surface area contributed by atoms with E-state index in [4.69, 9.17) is 4.74 Å². The fourth-order valence-electron chi connectivity index (χ4n) is 2.34. The van der Waals surface area contributed by atoms with Crippen LogP contribution in [0.1, 0.15) is 20.3 Å². The van der Waals surface area contributed by atoms with Crippen LogP contribution in [0.3, 0.4) is 0 Å². The molecule has 2 unspecified atom stereocenters. The third-order valence-electron chi connectivity index (χ3n) is 3.47. The highest BCUT2D eigenvalue weighted by atomic mass is 32.2. The smallest absolute Gasteiger partial charge is 0.164 e. The van der Waals surface area contributed by atoms with Crippen molar-refractivity contribution in [2.45, 2.75) is 31.7 Å². The van der Waals surface area contributed by atoms with Gasteiger partial charge in [-0.05, 0) is 26.8 Å². The summed E-state index contributed by atoms with van der Waals surface area (Å²) in [6.45, 7) is 8.23. The number of nitrogens with one attached hydrogen (secondary N) is 1. The minimum absolute atomic E-state index is 0.239. The molecule has 1 heterocycles. The van der Waals surface area contributed by atoms with Crippen molar-refractivity contribution in [1.82, 2.24) is 10.2 Å². The minimum Gasteiger partial charge on any atom is -0.382 e. The van der Waals surface area contributed by atoms with Crippen LogP contribution < -0.4 is 5.32 Å². The molecule has 1 saturated heterocycles. The molecule has 0 aromatic carbocycles. The lowest BCUT2D eigenvalue weighted by atomic mass is 10.2. The van der Waals surface area contributed by atoms with Crippen LogP contribution in [0.25, 0.3) is 0 Å². The maximum atomic E-state index is 11.9. The lowest BCUT2D eigenvalue weighted by molar-refractivity contribution is 0.143. The topological polar surface area (TPSA) is 58.6 Å². The second-order valence-corrected chi connectivity index (χ2v) is 8.55. The number of thioether (sulfide) groups is 1. The second kappa shape index (κ2) is 9.25. The molecule has 0 aliphatic carbocycles. The van der Waals surface area contributed by atoms with E-state index in [1.807, 2.05) is 6.92 Å². The van der Waals surface area contributed by atoms with Gasteiger partial charge in [-0.15, -0.1) is 0 Å². The molecule has 0 amide bonds. The van der Waals surface area contributed by atoms with Crippen molar-refractivity contribution >= 4 is 21.6 Å². The van der Waals surface area contributed by atoms with E-state index < -0.39 is 9.84 Å². The van der Waals surface area contributed by atoms with E-state index in [9.17, 15) is 8.42 Å². The Hall–Kier alpha value is 0.180. The number of hydrogen-bond acceptors (Lipinski definition) is 6. The van der Waals surface area contributed by atoms with Crippen molar-refractivity contribution in [3.05, 3.63) is 0 Å². The zero-order chi connectivity index (χ0) is 15.0. The predicted octanol–water partition coefficient (Wildman–Crippen LogP) is 0.811. The first-order chi connectivity index (χ1) is 9.46. The monoisotopic (exact) mass is 324 g/mol. The van der Waals surface area contributed by atoms with Crippen LogP contribution in [-0.4, -0.2) is 75.3 Å². The first-order valence-corrected chi connectivity index (χ1v) is 10.4. The largest absolute Gasteiger partial charge is 0.382 e. The van der Waals surface area contributed by atoms with Crippen molar-refractivity contribution in [3.63, 3.8) is 0 Å². The third-order valence-corrected chi connectivity index (χ3v) is 6.13. The lowest BCUT2D eigenvalue weighted by Crippen LogP contribution is -2.53. The van der Waals surface area contributed by atoms with Crippen LogP contribution in [-0.2, 0) is 14.6 Å². The Bertz CT molecular complexity index is 363. The summed E-state index contributed by atoms with van der Waals surface area (Å²) in [5, 5.41) is 3.06. The Morgan fingerprint density at radius 2 is 2.25 bits per heavy atom. The third kappa shape index (κ3) is 6.30. The highest BCUT2D eigenvalue weighted by Gasteiger charge is 2.33. The summed E-state index contributed by atoms with van der Waals surface area (Å²) in [4.78, 5) is 2.13. The normalized spacial score (nSPS) is 22.9. The van der Waals surface area contributed by atoms with Gasteiger partial charge in [0.15, 0.2) is 9.84 Å². The molecule has 2 atom stereocenters. The summed E-state index contributed by atoms with van der Waals surface area (Å²) in [6, 6.07) is 0.239. The lowest BCUT2D eigenvalue weighted by Gasteiger charge is -2.38. The van der Waals surface area contributed by atoms with Gasteiger partial charge in [0.05, 0.1) is 0 Å². The van der Waals surface area contributed by atoms with Crippen molar-refractivity contribution in [3.8, 4) is 0 Å². The van der Waals surface area contributed by atoms with E-state index in [1.54, 1.807) is 11.8 Å². The molecule has 0 radical (unpaired) electrons. The fraction of sp³-hybridized carbons (Fsp3) is 1.00. The molecule has 0 bridgehead atoms. The standard InChI is InChI=1S/C13H28N2O3S2/c1-4-18-8-5-6-14-10-12(2)15-7-9-19-11-13(15)20(3,16)17/h12-14H,4-11H2,1-3H3. The molecule has 7 heteroatoms. The summed E-state index contributed by atoms with van der Waals surface area (Å²) < 4.78 is 29.0. The summed E-state index contributed by atoms with van der Waals surface area (Å²) in [5.41, 5.74) is 0.